The van der Waals surface area contributed by atoms with Crippen LogP contribution in [0.15, 0.2) is 22.7 Å². The summed E-state index contributed by atoms with van der Waals surface area (Å²) >= 11 is 3.26. The second kappa shape index (κ2) is 4.41. The molecular formula is C11H13BrFN. The highest BCUT2D eigenvalue weighted by Crippen LogP contribution is 2.27. The van der Waals surface area contributed by atoms with Gasteiger partial charge in [0.2, 0.25) is 0 Å². The first kappa shape index (κ1) is 10.1. The Bertz CT molecular complexity index is 321. The van der Waals surface area contributed by atoms with Crippen LogP contribution in [0.5, 0.6) is 0 Å². The lowest BCUT2D eigenvalue weighted by atomic mass is 9.91. The summed E-state index contributed by atoms with van der Waals surface area (Å²) in [6.07, 6.45) is 2.23. The van der Waals surface area contributed by atoms with Crippen LogP contribution in [0.2, 0.25) is 0 Å². The minimum absolute atomic E-state index is 0.0897. The molecule has 1 aliphatic rings. The lowest BCUT2D eigenvalue weighted by Gasteiger charge is -2.23. The van der Waals surface area contributed by atoms with Crippen LogP contribution in [0.25, 0.3) is 0 Å². The van der Waals surface area contributed by atoms with Crippen molar-refractivity contribution in [1.29, 1.82) is 0 Å². The zero-order valence-electron chi connectivity index (χ0n) is 7.89. The predicted octanol–water partition coefficient (Wildman–Crippen LogP) is 3.06. The molecule has 1 aromatic carbocycles. The highest BCUT2D eigenvalue weighted by atomic mass is 79.9. The molecule has 0 saturated carbocycles. The molecule has 0 bridgehead atoms. The molecule has 0 amide bonds. The molecule has 1 saturated heterocycles. The van der Waals surface area contributed by atoms with Crippen molar-refractivity contribution in [3.63, 3.8) is 0 Å². The zero-order valence-corrected chi connectivity index (χ0v) is 9.48. The Morgan fingerprint density at radius 3 is 2.93 bits per heavy atom. The van der Waals surface area contributed by atoms with Gasteiger partial charge in [0, 0.05) is 11.0 Å². The third-order valence-corrected chi connectivity index (χ3v) is 3.19. The smallest absolute Gasteiger partial charge is 0.127 e. The molecule has 0 aliphatic carbocycles. The predicted molar refractivity (Wildman–Crippen MR) is 58.9 cm³/mol. The van der Waals surface area contributed by atoms with Crippen molar-refractivity contribution >= 4 is 15.9 Å². The molecule has 2 rings (SSSR count). The van der Waals surface area contributed by atoms with Crippen molar-refractivity contribution in [2.45, 2.75) is 18.8 Å². The van der Waals surface area contributed by atoms with E-state index in [1.54, 1.807) is 6.07 Å². The van der Waals surface area contributed by atoms with Gasteiger partial charge in [0.25, 0.3) is 0 Å². The topological polar surface area (TPSA) is 12.0 Å². The van der Waals surface area contributed by atoms with E-state index in [0.29, 0.717) is 5.92 Å². The first-order valence-electron chi connectivity index (χ1n) is 4.93. The molecule has 1 atom stereocenters. The average molecular weight is 258 g/mol. The van der Waals surface area contributed by atoms with Crippen molar-refractivity contribution in [1.82, 2.24) is 5.32 Å². The standard InChI is InChI=1S/C11H13BrFN/c12-9-3-4-10(11(13)6-9)8-2-1-5-14-7-8/h3-4,6,8,14H,1-2,5,7H2/t8-/m1/s1. The Labute approximate surface area is 91.8 Å². The maximum absolute atomic E-state index is 13.6. The quantitative estimate of drug-likeness (QED) is 0.816. The second-order valence-electron chi connectivity index (χ2n) is 3.71. The van der Waals surface area contributed by atoms with Crippen molar-refractivity contribution in [2.75, 3.05) is 13.1 Å². The molecule has 0 unspecified atom stereocenters. The SMILES string of the molecule is Fc1cc(Br)ccc1[C@@H]1CCCNC1. The molecule has 0 aromatic heterocycles. The van der Waals surface area contributed by atoms with Crippen LogP contribution in [0.1, 0.15) is 24.3 Å². The highest BCUT2D eigenvalue weighted by Gasteiger charge is 2.18. The zero-order chi connectivity index (χ0) is 9.97. The van der Waals surface area contributed by atoms with Crippen LogP contribution >= 0.6 is 15.9 Å². The summed E-state index contributed by atoms with van der Waals surface area (Å²) in [5.74, 6) is 0.255. The fourth-order valence-electron chi connectivity index (χ4n) is 1.95. The summed E-state index contributed by atoms with van der Waals surface area (Å²) in [6, 6.07) is 5.34. The van der Waals surface area contributed by atoms with Crippen molar-refractivity contribution in [2.24, 2.45) is 0 Å². The van der Waals surface area contributed by atoms with E-state index in [1.807, 2.05) is 12.1 Å². The Morgan fingerprint density at radius 1 is 1.43 bits per heavy atom. The molecule has 1 heterocycles. The van der Waals surface area contributed by atoms with Gasteiger partial charge in [-0.1, -0.05) is 22.0 Å². The fourth-order valence-corrected chi connectivity index (χ4v) is 2.28. The number of benzene rings is 1. The molecule has 1 N–H and O–H groups in total. The van der Waals surface area contributed by atoms with Gasteiger partial charge in [-0.05, 0) is 43.0 Å². The van der Waals surface area contributed by atoms with Crippen LogP contribution in [0.3, 0.4) is 0 Å². The molecule has 14 heavy (non-hydrogen) atoms. The average Bonchev–Trinajstić information content (AvgIpc) is 2.19. The summed E-state index contributed by atoms with van der Waals surface area (Å²) in [6.45, 7) is 1.97. The van der Waals surface area contributed by atoms with Crippen molar-refractivity contribution in [3.05, 3.63) is 34.1 Å². The largest absolute Gasteiger partial charge is 0.316 e. The normalized spacial score (nSPS) is 22.3. The van der Waals surface area contributed by atoms with E-state index in [2.05, 4.69) is 21.2 Å². The molecule has 1 nitrogen and oxygen atoms in total. The number of nitrogens with one attached hydrogen (secondary N) is 1. The first-order valence-corrected chi connectivity index (χ1v) is 5.72. The summed E-state index contributed by atoms with van der Waals surface area (Å²) < 4.78 is 14.4. The number of rotatable bonds is 1. The molecule has 3 heteroatoms. The van der Waals surface area contributed by atoms with Gasteiger partial charge in [-0.3, -0.25) is 0 Å². The Morgan fingerprint density at radius 2 is 2.29 bits per heavy atom. The van der Waals surface area contributed by atoms with E-state index in [9.17, 15) is 4.39 Å². The van der Waals surface area contributed by atoms with Gasteiger partial charge in [0.05, 0.1) is 0 Å². The molecule has 1 aromatic rings. The summed E-state index contributed by atoms with van der Waals surface area (Å²) in [5.41, 5.74) is 0.848. The van der Waals surface area contributed by atoms with E-state index in [1.165, 1.54) is 0 Å². The van der Waals surface area contributed by atoms with Gasteiger partial charge in [-0.2, -0.15) is 0 Å². The van der Waals surface area contributed by atoms with Crippen LogP contribution in [0.4, 0.5) is 4.39 Å². The third kappa shape index (κ3) is 2.15. The van der Waals surface area contributed by atoms with Gasteiger partial charge in [0.1, 0.15) is 5.82 Å². The summed E-state index contributed by atoms with van der Waals surface area (Å²) in [4.78, 5) is 0. The van der Waals surface area contributed by atoms with E-state index in [-0.39, 0.29) is 5.82 Å². The number of piperidine rings is 1. The summed E-state index contributed by atoms with van der Waals surface area (Å²) in [5, 5.41) is 3.30. The van der Waals surface area contributed by atoms with E-state index in [4.69, 9.17) is 0 Å². The van der Waals surface area contributed by atoms with E-state index >= 15 is 0 Å². The molecule has 1 fully saturated rings. The monoisotopic (exact) mass is 257 g/mol. The van der Waals surface area contributed by atoms with Gasteiger partial charge in [0.15, 0.2) is 0 Å². The van der Waals surface area contributed by atoms with Gasteiger partial charge in [-0.15, -0.1) is 0 Å². The molecular weight excluding hydrogens is 245 g/mol. The lowest BCUT2D eigenvalue weighted by Crippen LogP contribution is -2.28. The van der Waals surface area contributed by atoms with Crippen LogP contribution < -0.4 is 5.32 Å². The lowest BCUT2D eigenvalue weighted by molar-refractivity contribution is 0.446. The Kier molecular flexibility index (Phi) is 3.19. The van der Waals surface area contributed by atoms with Crippen molar-refractivity contribution in [3.8, 4) is 0 Å². The number of halogens is 2. The van der Waals surface area contributed by atoms with Crippen molar-refractivity contribution < 1.29 is 4.39 Å². The van der Waals surface area contributed by atoms with Gasteiger partial charge < -0.3 is 5.32 Å². The Balaban J connectivity index is 2.22. The van der Waals surface area contributed by atoms with Gasteiger partial charge in [-0.25, -0.2) is 4.39 Å². The number of hydrogen-bond donors (Lipinski definition) is 1. The fraction of sp³-hybridized carbons (Fsp3) is 0.455. The number of hydrogen-bond acceptors (Lipinski definition) is 1. The van der Waals surface area contributed by atoms with Gasteiger partial charge >= 0.3 is 0 Å². The minimum Gasteiger partial charge on any atom is -0.316 e. The Hall–Kier alpha value is -0.410. The molecule has 1 aliphatic heterocycles. The van der Waals surface area contributed by atoms with Crippen LogP contribution in [0, 0.1) is 5.82 Å². The first-order chi connectivity index (χ1) is 6.77. The maximum Gasteiger partial charge on any atom is 0.127 e. The van der Waals surface area contributed by atoms with E-state index < -0.39 is 0 Å². The van der Waals surface area contributed by atoms with Crippen LogP contribution in [-0.2, 0) is 0 Å². The molecule has 0 radical (unpaired) electrons. The maximum atomic E-state index is 13.6. The molecule has 0 spiro atoms. The summed E-state index contributed by atoms with van der Waals surface area (Å²) in [7, 11) is 0. The minimum atomic E-state index is -0.0897. The third-order valence-electron chi connectivity index (χ3n) is 2.70. The second-order valence-corrected chi connectivity index (χ2v) is 4.62. The highest BCUT2D eigenvalue weighted by molar-refractivity contribution is 9.10. The molecule has 76 valence electrons. The van der Waals surface area contributed by atoms with Crippen LogP contribution in [-0.4, -0.2) is 13.1 Å². The van der Waals surface area contributed by atoms with E-state index in [0.717, 1.165) is 36.0 Å².